The molecule has 4 rings (SSSR count). The number of rotatable bonds is 10. The highest BCUT2D eigenvalue weighted by Crippen LogP contribution is 2.36. The van der Waals surface area contributed by atoms with E-state index in [0.29, 0.717) is 18.8 Å². The monoisotopic (exact) mass is 546 g/mol. The first-order valence-electron chi connectivity index (χ1n) is 14.6. The molecule has 2 aromatic carbocycles. The van der Waals surface area contributed by atoms with Crippen molar-refractivity contribution in [2.24, 2.45) is 11.1 Å². The van der Waals surface area contributed by atoms with Crippen molar-refractivity contribution < 1.29 is 14.3 Å². The molecule has 2 atom stereocenters. The first kappa shape index (κ1) is 29.8. The second-order valence-electron chi connectivity index (χ2n) is 12.3. The zero-order valence-electron chi connectivity index (χ0n) is 24.8. The van der Waals surface area contributed by atoms with Gasteiger partial charge in [0.1, 0.15) is 0 Å². The van der Waals surface area contributed by atoms with Gasteiger partial charge in [-0.2, -0.15) is 0 Å². The van der Waals surface area contributed by atoms with E-state index in [1.165, 1.54) is 22.2 Å². The van der Waals surface area contributed by atoms with Gasteiger partial charge in [-0.1, -0.05) is 51.1 Å². The summed E-state index contributed by atoms with van der Waals surface area (Å²) in [5, 5.41) is 4.24. The number of para-hydroxylation sites is 1. The van der Waals surface area contributed by atoms with E-state index in [-0.39, 0.29) is 17.9 Å². The summed E-state index contributed by atoms with van der Waals surface area (Å²) in [5.74, 6) is 0.415. The fourth-order valence-corrected chi connectivity index (χ4v) is 5.83. The summed E-state index contributed by atoms with van der Waals surface area (Å²) < 4.78 is 7.79. The number of carbonyl (C=O) groups is 2. The van der Waals surface area contributed by atoms with Crippen LogP contribution in [0.2, 0.25) is 0 Å². The van der Waals surface area contributed by atoms with E-state index in [1.807, 2.05) is 49.9 Å². The summed E-state index contributed by atoms with van der Waals surface area (Å²) in [5.41, 5.74) is 11.8. The number of aryl methyl sites for hydroxylation is 2. The van der Waals surface area contributed by atoms with Crippen LogP contribution in [0.25, 0.3) is 10.9 Å². The Morgan fingerprint density at radius 2 is 1.85 bits per heavy atom. The third kappa shape index (κ3) is 7.12. The number of piperidine rings is 1. The molecule has 0 saturated carbocycles. The standard InChI is InChI=1S/C33H46N4O3/c1-23-28-11-6-7-12-29(28)37(18-9-19-40-5)31(23)25-10-8-17-36(22-25)30(38)21-26(34)20-24-13-15-27(16-14-24)35-32(39)33(2,3)4/h6-7,11-16,25-26H,8-10,17-22,34H2,1-5H3,(H,35,39)/t25?,26-/m1/s1. The lowest BCUT2D eigenvalue weighted by molar-refractivity contribution is -0.132. The third-order valence-electron chi connectivity index (χ3n) is 7.99. The predicted octanol–water partition coefficient (Wildman–Crippen LogP) is 5.64. The second-order valence-corrected chi connectivity index (χ2v) is 12.3. The number of hydrogen-bond donors (Lipinski definition) is 2. The van der Waals surface area contributed by atoms with Crippen LogP contribution in [0, 0.1) is 12.3 Å². The Morgan fingerprint density at radius 1 is 1.12 bits per heavy atom. The van der Waals surface area contributed by atoms with Gasteiger partial charge in [0.25, 0.3) is 0 Å². The number of benzene rings is 2. The van der Waals surface area contributed by atoms with Crippen LogP contribution < -0.4 is 11.1 Å². The molecule has 1 saturated heterocycles. The molecule has 0 bridgehead atoms. The molecule has 1 fully saturated rings. The number of nitrogens with zero attached hydrogens (tertiary/aromatic N) is 2. The van der Waals surface area contributed by atoms with Crippen LogP contribution >= 0.6 is 0 Å². The Labute approximate surface area is 239 Å². The normalized spacial score (nSPS) is 16.8. The molecule has 7 nitrogen and oxygen atoms in total. The molecular formula is C33H46N4O3. The number of hydrogen-bond acceptors (Lipinski definition) is 4. The fraction of sp³-hybridized carbons (Fsp3) is 0.515. The molecule has 1 unspecified atom stereocenters. The van der Waals surface area contributed by atoms with Gasteiger partial charge >= 0.3 is 0 Å². The second kappa shape index (κ2) is 13.0. The molecule has 216 valence electrons. The first-order valence-corrected chi connectivity index (χ1v) is 14.6. The predicted molar refractivity (Wildman–Crippen MR) is 163 cm³/mol. The average Bonchev–Trinajstić information content (AvgIpc) is 3.21. The van der Waals surface area contributed by atoms with Gasteiger partial charge in [-0.05, 0) is 61.9 Å². The van der Waals surface area contributed by atoms with Crippen molar-refractivity contribution in [3.05, 3.63) is 65.4 Å². The molecule has 1 aromatic heterocycles. The maximum Gasteiger partial charge on any atom is 0.229 e. The molecule has 3 N–H and O–H groups in total. The maximum absolute atomic E-state index is 13.4. The van der Waals surface area contributed by atoms with Crippen LogP contribution in [0.3, 0.4) is 0 Å². The van der Waals surface area contributed by atoms with Gasteiger partial charge < -0.3 is 25.3 Å². The van der Waals surface area contributed by atoms with Gasteiger partial charge in [-0.25, -0.2) is 0 Å². The van der Waals surface area contributed by atoms with Crippen LogP contribution in [0.5, 0.6) is 0 Å². The Morgan fingerprint density at radius 3 is 2.55 bits per heavy atom. The van der Waals surface area contributed by atoms with Crippen molar-refractivity contribution in [1.29, 1.82) is 0 Å². The topological polar surface area (TPSA) is 89.6 Å². The molecule has 2 heterocycles. The van der Waals surface area contributed by atoms with Crippen molar-refractivity contribution in [1.82, 2.24) is 9.47 Å². The summed E-state index contributed by atoms with van der Waals surface area (Å²) >= 11 is 0. The lowest BCUT2D eigenvalue weighted by Gasteiger charge is -2.34. The minimum Gasteiger partial charge on any atom is -0.385 e. The molecule has 0 spiro atoms. The number of likely N-dealkylation sites (tertiary alicyclic amines) is 1. The molecule has 1 aliphatic rings. The molecule has 0 aliphatic carbocycles. The van der Waals surface area contributed by atoms with E-state index in [4.69, 9.17) is 10.5 Å². The number of ether oxygens (including phenoxy) is 1. The number of methoxy groups -OCH3 is 1. The van der Waals surface area contributed by atoms with Crippen LogP contribution in [0.1, 0.15) is 69.2 Å². The Bertz CT molecular complexity index is 1310. The van der Waals surface area contributed by atoms with E-state index in [9.17, 15) is 9.59 Å². The van der Waals surface area contributed by atoms with Gasteiger partial charge in [0.15, 0.2) is 0 Å². The number of aromatic nitrogens is 1. The van der Waals surface area contributed by atoms with Gasteiger partial charge in [0.2, 0.25) is 11.8 Å². The van der Waals surface area contributed by atoms with Crippen LogP contribution in [-0.2, 0) is 27.3 Å². The number of fused-ring (bicyclic) bond motifs is 1. The number of nitrogens with one attached hydrogen (secondary N) is 1. The van der Waals surface area contributed by atoms with Gasteiger partial charge in [0, 0.05) is 79.4 Å². The van der Waals surface area contributed by atoms with Crippen LogP contribution in [0.4, 0.5) is 5.69 Å². The number of nitrogens with two attached hydrogens (primary N) is 1. The first-order chi connectivity index (χ1) is 19.1. The van der Waals surface area contributed by atoms with E-state index < -0.39 is 5.41 Å². The molecule has 0 radical (unpaired) electrons. The lowest BCUT2D eigenvalue weighted by Crippen LogP contribution is -2.42. The van der Waals surface area contributed by atoms with Crippen molar-refractivity contribution in [2.45, 2.75) is 78.3 Å². The quantitative estimate of drug-likeness (QED) is 0.322. The number of amides is 2. The highest BCUT2D eigenvalue weighted by Gasteiger charge is 2.30. The third-order valence-corrected chi connectivity index (χ3v) is 7.99. The minimum absolute atomic E-state index is 0.0204. The van der Waals surface area contributed by atoms with Crippen molar-refractivity contribution in [3.8, 4) is 0 Å². The largest absolute Gasteiger partial charge is 0.385 e. The van der Waals surface area contributed by atoms with Crippen LogP contribution in [-0.4, -0.2) is 54.1 Å². The summed E-state index contributed by atoms with van der Waals surface area (Å²) in [7, 11) is 1.75. The fourth-order valence-electron chi connectivity index (χ4n) is 5.83. The smallest absolute Gasteiger partial charge is 0.229 e. The molecule has 2 amide bonds. The van der Waals surface area contributed by atoms with E-state index >= 15 is 0 Å². The van der Waals surface area contributed by atoms with Gasteiger partial charge in [-0.15, -0.1) is 0 Å². The Hall–Kier alpha value is -3.16. The van der Waals surface area contributed by atoms with E-state index in [1.54, 1.807) is 7.11 Å². The summed E-state index contributed by atoms with van der Waals surface area (Å²) in [6.07, 6.45) is 3.96. The van der Waals surface area contributed by atoms with Crippen molar-refractivity contribution in [3.63, 3.8) is 0 Å². The molecule has 40 heavy (non-hydrogen) atoms. The van der Waals surface area contributed by atoms with E-state index in [0.717, 1.165) is 56.8 Å². The van der Waals surface area contributed by atoms with Crippen molar-refractivity contribution in [2.75, 3.05) is 32.1 Å². The average molecular weight is 547 g/mol. The molecule has 3 aromatic rings. The molecule has 7 heteroatoms. The molecular weight excluding hydrogens is 500 g/mol. The summed E-state index contributed by atoms with van der Waals surface area (Å²) in [6.45, 7) is 11.0. The zero-order valence-corrected chi connectivity index (χ0v) is 24.8. The SMILES string of the molecule is COCCCn1c(C2CCCN(C(=O)C[C@H](N)Cc3ccc(NC(=O)C(C)(C)C)cc3)C2)c(C)c2ccccc21. The highest BCUT2D eigenvalue weighted by molar-refractivity contribution is 5.94. The Balaban J connectivity index is 1.39. The number of carbonyl (C=O) groups excluding carboxylic acids is 2. The van der Waals surface area contributed by atoms with Gasteiger partial charge in [0.05, 0.1) is 0 Å². The highest BCUT2D eigenvalue weighted by atomic mass is 16.5. The Kier molecular flexibility index (Phi) is 9.69. The van der Waals surface area contributed by atoms with Crippen molar-refractivity contribution >= 4 is 28.4 Å². The summed E-state index contributed by atoms with van der Waals surface area (Å²) in [6, 6.07) is 16.1. The molecule has 1 aliphatic heterocycles. The minimum atomic E-state index is -0.450. The zero-order chi connectivity index (χ0) is 28.9. The van der Waals surface area contributed by atoms with Gasteiger partial charge in [-0.3, -0.25) is 9.59 Å². The van der Waals surface area contributed by atoms with E-state index in [2.05, 4.69) is 41.1 Å². The maximum atomic E-state index is 13.4. The lowest BCUT2D eigenvalue weighted by atomic mass is 9.91. The summed E-state index contributed by atoms with van der Waals surface area (Å²) in [4.78, 5) is 27.6. The number of anilines is 1. The van der Waals surface area contributed by atoms with Crippen LogP contribution in [0.15, 0.2) is 48.5 Å².